The third-order valence-electron chi connectivity index (χ3n) is 5.44. The minimum absolute atomic E-state index is 0.0123. The average Bonchev–Trinajstić information content (AvgIpc) is 2.87. The number of phenolic OH excluding ortho intramolecular Hbond substituents is 1. The molecular weight excluding hydrogens is 508 g/mol. The Kier molecular flexibility index (Phi) is 8.60. The van der Waals surface area contributed by atoms with Crippen LogP contribution in [0.5, 0.6) is 34.5 Å². The third-order valence-corrected chi connectivity index (χ3v) is 7.38. The van der Waals surface area contributed by atoms with Crippen molar-refractivity contribution in [2.24, 2.45) is 0 Å². The molecule has 3 aromatic rings. The van der Waals surface area contributed by atoms with Crippen LogP contribution in [-0.4, -0.2) is 49.1 Å². The molecule has 0 fully saturated rings. The predicted molar refractivity (Wildman–Crippen MR) is 139 cm³/mol. The summed E-state index contributed by atoms with van der Waals surface area (Å²) in [5.41, 5.74) is 1.53. The first-order valence-electron chi connectivity index (χ1n) is 10.6. The molecule has 36 heavy (non-hydrogen) atoms. The SMILES string of the molecule is COc1ccc(S(=O)(=O)Cc2c(/C=C\c3cc(OC)c(OC)c(OC)c3)ccc(O)c2OC)cc1Cl. The van der Waals surface area contributed by atoms with Crippen LogP contribution in [0.2, 0.25) is 5.02 Å². The second kappa shape index (κ2) is 11.5. The maximum atomic E-state index is 13.3. The molecule has 0 aliphatic carbocycles. The summed E-state index contributed by atoms with van der Waals surface area (Å²) in [6.07, 6.45) is 3.48. The summed E-state index contributed by atoms with van der Waals surface area (Å²) in [6, 6.07) is 10.8. The number of rotatable bonds is 10. The van der Waals surface area contributed by atoms with Crippen LogP contribution in [0.4, 0.5) is 0 Å². The van der Waals surface area contributed by atoms with Crippen molar-refractivity contribution in [2.75, 3.05) is 35.5 Å². The van der Waals surface area contributed by atoms with Gasteiger partial charge in [-0.2, -0.15) is 0 Å². The highest BCUT2D eigenvalue weighted by Crippen LogP contribution is 2.40. The van der Waals surface area contributed by atoms with Gasteiger partial charge in [-0.1, -0.05) is 29.8 Å². The van der Waals surface area contributed by atoms with Crippen LogP contribution >= 0.6 is 11.6 Å². The van der Waals surface area contributed by atoms with Gasteiger partial charge in [0.1, 0.15) is 5.75 Å². The standard InChI is InChI=1S/C26H27ClO8S/c1-31-22-11-9-18(14-20(22)27)36(29,30)15-19-17(8-10-21(28)25(19)34-4)7-6-16-12-23(32-2)26(35-5)24(13-16)33-3/h6-14,28H,15H2,1-5H3/b7-6-. The quantitative estimate of drug-likeness (QED) is 0.353. The van der Waals surface area contributed by atoms with E-state index in [9.17, 15) is 13.5 Å². The van der Waals surface area contributed by atoms with Crippen LogP contribution in [0.25, 0.3) is 12.2 Å². The summed E-state index contributed by atoms with van der Waals surface area (Å²) in [7, 11) is 3.49. The van der Waals surface area contributed by atoms with E-state index in [-0.39, 0.29) is 27.0 Å². The molecule has 1 N–H and O–H groups in total. The fraction of sp³-hybridized carbons (Fsp3) is 0.231. The molecule has 0 heterocycles. The Morgan fingerprint density at radius 3 is 1.92 bits per heavy atom. The van der Waals surface area contributed by atoms with Gasteiger partial charge in [-0.15, -0.1) is 0 Å². The second-order valence-corrected chi connectivity index (χ2v) is 9.93. The van der Waals surface area contributed by atoms with Gasteiger partial charge in [-0.05, 0) is 47.5 Å². The Balaban J connectivity index is 2.07. The van der Waals surface area contributed by atoms with Crippen LogP contribution < -0.4 is 23.7 Å². The Labute approximate surface area is 215 Å². The number of ether oxygens (including phenoxy) is 5. The van der Waals surface area contributed by atoms with Crippen LogP contribution in [0.15, 0.2) is 47.4 Å². The first-order chi connectivity index (χ1) is 17.2. The molecule has 8 nitrogen and oxygen atoms in total. The van der Waals surface area contributed by atoms with Gasteiger partial charge in [-0.25, -0.2) is 8.42 Å². The molecule has 0 aliphatic rings. The van der Waals surface area contributed by atoms with Gasteiger partial charge in [0, 0.05) is 5.56 Å². The summed E-state index contributed by atoms with van der Waals surface area (Å²) < 4.78 is 53.2. The van der Waals surface area contributed by atoms with E-state index in [0.29, 0.717) is 34.1 Å². The van der Waals surface area contributed by atoms with Crippen LogP contribution in [0, 0.1) is 0 Å². The molecule has 0 saturated carbocycles. The highest BCUT2D eigenvalue weighted by molar-refractivity contribution is 7.90. The maximum absolute atomic E-state index is 13.3. The molecule has 3 aromatic carbocycles. The molecule has 3 rings (SSSR count). The Hall–Kier alpha value is -3.56. The van der Waals surface area contributed by atoms with Crippen molar-refractivity contribution in [3.8, 4) is 34.5 Å². The number of sulfone groups is 1. The lowest BCUT2D eigenvalue weighted by Gasteiger charge is -2.15. The monoisotopic (exact) mass is 534 g/mol. The predicted octanol–water partition coefficient (Wildman–Crippen LogP) is 5.23. The normalized spacial score (nSPS) is 11.4. The number of aromatic hydroxyl groups is 1. The fourth-order valence-electron chi connectivity index (χ4n) is 3.66. The molecule has 0 saturated heterocycles. The van der Waals surface area contributed by atoms with Gasteiger partial charge in [0.15, 0.2) is 32.8 Å². The van der Waals surface area contributed by atoms with Crippen LogP contribution in [-0.2, 0) is 15.6 Å². The van der Waals surface area contributed by atoms with Gasteiger partial charge < -0.3 is 28.8 Å². The van der Waals surface area contributed by atoms with Crippen molar-refractivity contribution >= 4 is 33.6 Å². The lowest BCUT2D eigenvalue weighted by Crippen LogP contribution is -2.08. The van der Waals surface area contributed by atoms with Crippen molar-refractivity contribution in [2.45, 2.75) is 10.6 Å². The topological polar surface area (TPSA) is 101 Å². The van der Waals surface area contributed by atoms with Gasteiger partial charge in [-0.3, -0.25) is 0 Å². The summed E-state index contributed by atoms with van der Waals surface area (Å²) in [5.74, 6) is 1.19. The Morgan fingerprint density at radius 2 is 1.39 bits per heavy atom. The summed E-state index contributed by atoms with van der Waals surface area (Å²) in [6.45, 7) is 0. The van der Waals surface area contributed by atoms with Crippen LogP contribution in [0.3, 0.4) is 0 Å². The highest BCUT2D eigenvalue weighted by Gasteiger charge is 2.23. The van der Waals surface area contributed by atoms with E-state index in [2.05, 4.69) is 0 Å². The first kappa shape index (κ1) is 27.0. The molecule has 10 heteroatoms. The molecule has 0 amide bonds. The van der Waals surface area contributed by atoms with Gasteiger partial charge in [0.05, 0.1) is 51.2 Å². The number of hydrogen-bond donors (Lipinski definition) is 1. The number of hydrogen-bond acceptors (Lipinski definition) is 8. The van der Waals surface area contributed by atoms with E-state index in [1.165, 1.54) is 59.8 Å². The average molecular weight is 535 g/mol. The molecule has 0 radical (unpaired) electrons. The van der Waals surface area contributed by atoms with Gasteiger partial charge in [0.2, 0.25) is 5.75 Å². The van der Waals surface area contributed by atoms with E-state index in [1.807, 2.05) is 0 Å². The zero-order chi connectivity index (χ0) is 26.5. The number of halogens is 1. The Morgan fingerprint density at radius 1 is 0.778 bits per heavy atom. The molecule has 0 unspecified atom stereocenters. The molecule has 0 bridgehead atoms. The molecule has 0 spiro atoms. The van der Waals surface area contributed by atoms with Crippen molar-refractivity contribution in [1.82, 2.24) is 0 Å². The summed E-state index contributed by atoms with van der Waals surface area (Å²) in [5, 5.41) is 10.5. The summed E-state index contributed by atoms with van der Waals surface area (Å²) in [4.78, 5) is 0.0123. The van der Waals surface area contributed by atoms with E-state index in [1.54, 1.807) is 30.4 Å². The van der Waals surface area contributed by atoms with Crippen molar-refractivity contribution in [1.29, 1.82) is 0 Å². The lowest BCUT2D eigenvalue weighted by atomic mass is 10.0. The third kappa shape index (κ3) is 5.63. The van der Waals surface area contributed by atoms with Crippen molar-refractivity contribution < 1.29 is 37.2 Å². The van der Waals surface area contributed by atoms with E-state index in [4.69, 9.17) is 35.3 Å². The minimum atomic E-state index is -3.87. The van der Waals surface area contributed by atoms with E-state index in [0.717, 1.165) is 0 Å². The summed E-state index contributed by atoms with van der Waals surface area (Å²) >= 11 is 6.15. The van der Waals surface area contributed by atoms with Gasteiger partial charge >= 0.3 is 0 Å². The molecule has 0 atom stereocenters. The number of methoxy groups -OCH3 is 5. The largest absolute Gasteiger partial charge is 0.504 e. The van der Waals surface area contributed by atoms with Crippen molar-refractivity contribution in [3.63, 3.8) is 0 Å². The van der Waals surface area contributed by atoms with Gasteiger partial charge in [0.25, 0.3) is 0 Å². The zero-order valence-corrected chi connectivity index (χ0v) is 22.1. The molecule has 192 valence electrons. The molecule has 0 aromatic heterocycles. The second-order valence-electron chi connectivity index (χ2n) is 7.53. The van der Waals surface area contributed by atoms with E-state index < -0.39 is 15.6 Å². The Bertz CT molecular complexity index is 1360. The smallest absolute Gasteiger partial charge is 0.203 e. The fourth-order valence-corrected chi connectivity index (χ4v) is 5.40. The van der Waals surface area contributed by atoms with Crippen LogP contribution in [0.1, 0.15) is 16.7 Å². The molecule has 0 aliphatic heterocycles. The lowest BCUT2D eigenvalue weighted by molar-refractivity contribution is 0.324. The zero-order valence-electron chi connectivity index (χ0n) is 20.5. The molecular formula is C26H27ClO8S. The number of benzene rings is 3. The van der Waals surface area contributed by atoms with Crippen molar-refractivity contribution in [3.05, 3.63) is 64.2 Å². The van der Waals surface area contributed by atoms with E-state index >= 15 is 0 Å². The maximum Gasteiger partial charge on any atom is 0.203 e. The minimum Gasteiger partial charge on any atom is -0.504 e. The highest BCUT2D eigenvalue weighted by atomic mass is 35.5. The number of phenols is 1. The first-order valence-corrected chi connectivity index (χ1v) is 12.6.